The Kier molecular flexibility index (Phi) is 27.3. The first-order chi connectivity index (χ1) is 34.8. The van der Waals surface area contributed by atoms with E-state index < -0.39 is 76.5 Å². The van der Waals surface area contributed by atoms with Gasteiger partial charge in [-0.05, 0) is 85.3 Å². The molecular weight excluding hydrogens is 1340 g/mol. The quantitative estimate of drug-likeness (QED) is 0.0234. The summed E-state index contributed by atoms with van der Waals surface area (Å²) in [5.41, 5.74) is 3.76. The zero-order chi connectivity index (χ0) is 56.8. The molecule has 0 radical (unpaired) electrons. The van der Waals surface area contributed by atoms with Crippen molar-refractivity contribution >= 4 is 85.8 Å². The molecule has 0 aliphatic heterocycles. The highest BCUT2D eigenvalue weighted by Gasteiger charge is 2.39. The normalized spacial score (nSPS) is 13.9. The molecule has 10 nitrogen and oxygen atoms in total. The lowest BCUT2D eigenvalue weighted by Crippen LogP contribution is -2.48. The average Bonchev–Trinajstić information content (AvgIpc) is 3.35. The number of alkyl carbamates (subject to hydrolysis) is 1. The van der Waals surface area contributed by atoms with Gasteiger partial charge in [-0.25, -0.2) is 14.4 Å². The largest absolute Gasteiger partial charge is 0.478 e. The number of ether oxygens (including phenoxy) is 3. The highest BCUT2D eigenvalue weighted by atomic mass is 127. The highest BCUT2D eigenvalue weighted by Crippen LogP contribution is 2.39. The van der Waals surface area contributed by atoms with Crippen molar-refractivity contribution in [1.29, 1.82) is 0 Å². The van der Waals surface area contributed by atoms with Gasteiger partial charge in [0, 0.05) is 12.2 Å². The molecule has 408 valence electrons. The fraction of sp³-hybridized carbons (Fsp3) is 0.302. The number of hydrogen-bond donors (Lipinski definition) is 4. The second kappa shape index (κ2) is 30.8. The number of rotatable bonds is 17. The topological polar surface area (TPSA) is 157 Å². The van der Waals surface area contributed by atoms with Crippen molar-refractivity contribution in [3.8, 4) is 0 Å². The van der Waals surface area contributed by atoms with Crippen LogP contribution >= 0.6 is 67.8 Å². The van der Waals surface area contributed by atoms with Crippen LogP contribution in [0.25, 0.3) is 0 Å². The number of carbonyl (C=O) groups is 3. The molecule has 0 bridgehead atoms. The Balaban J connectivity index is 0.000000443. The molecule has 1 amide bonds. The molecule has 0 saturated heterocycles. The summed E-state index contributed by atoms with van der Waals surface area (Å²) >= 11 is 6.95. The van der Waals surface area contributed by atoms with Gasteiger partial charge in [0.1, 0.15) is 12.1 Å². The molecule has 22 heteroatoms. The van der Waals surface area contributed by atoms with Crippen molar-refractivity contribution in [2.24, 2.45) is 5.73 Å². The number of halogens is 12. The van der Waals surface area contributed by atoms with E-state index in [0.29, 0.717) is 47.4 Å². The number of carboxylic acids is 2. The zero-order valence-corrected chi connectivity index (χ0v) is 47.1. The molecule has 75 heavy (non-hydrogen) atoms. The van der Waals surface area contributed by atoms with Gasteiger partial charge in [-0.3, -0.25) is 0 Å². The lowest BCUT2D eigenvalue weighted by molar-refractivity contribution is -0.143. The number of benzene rings is 5. The van der Waals surface area contributed by atoms with Gasteiger partial charge in [0.25, 0.3) is 0 Å². The summed E-state index contributed by atoms with van der Waals surface area (Å²) < 4.78 is 137. The molecule has 0 unspecified atom stereocenters. The van der Waals surface area contributed by atoms with Gasteiger partial charge in [0.05, 0.1) is 47.7 Å². The smallest absolute Gasteiger partial charge is 0.416 e. The van der Waals surface area contributed by atoms with Gasteiger partial charge in [0.15, 0.2) is 0 Å². The van der Waals surface area contributed by atoms with Crippen molar-refractivity contribution < 1.29 is 78.3 Å². The predicted octanol–water partition coefficient (Wildman–Crippen LogP) is 15.5. The van der Waals surface area contributed by atoms with Crippen molar-refractivity contribution in [2.75, 3.05) is 13.2 Å². The van der Waals surface area contributed by atoms with Crippen LogP contribution in [0.1, 0.15) is 89.5 Å². The Morgan fingerprint density at radius 2 is 1.01 bits per heavy atom. The molecule has 4 atom stereocenters. The van der Waals surface area contributed by atoms with Crippen molar-refractivity contribution in [3.63, 3.8) is 0 Å². The average molecular weight is 1400 g/mol. The summed E-state index contributed by atoms with van der Waals surface area (Å²) in [6.07, 6.45) is -13.7. The maximum Gasteiger partial charge on any atom is 0.416 e. The molecule has 5 aromatic carbocycles. The number of alkyl halides is 12. The summed E-state index contributed by atoms with van der Waals surface area (Å²) in [5.74, 6) is -2.51. The standard InChI is InChI=1S/C28H25F6NO3.C20H24F3NO.C4H4O4.CHI3/c1-3-26(22-12-8-5-9-13-22,35-25(36)37-17-20-10-6-4-7-11-20)18-38-19(2)21-14-23(27(29,30)31)16-24(15-21)28(32,33)34;1-4-19(24,17-8-6-5-7-9-17)13-25-15(3)16-10-14(2)11-18(12-16)20(21,22)23;5-3(6)1-2-4(7)8;2-1(3)4/h3-16,19H,1,17-18H2,2H3,(H,35,36);5-12,15H,4,13,24H2,1-3H3;1-2H,(H,5,6)(H,7,8);1H/b;;2-1-;/t19-,26-;15-,19-;;/m11../s1. The minimum Gasteiger partial charge on any atom is -0.478 e. The van der Waals surface area contributed by atoms with Crippen LogP contribution in [0.5, 0.6) is 0 Å². The SMILES string of the molecule is C=C[C@](CO[C@H](C)c1cc(C(F)(F)F)cc(C(F)(F)F)c1)(NC(=O)OCc1ccccc1)c1ccccc1.CC[C@@](N)(CO[C@H](C)c1cc(C)cc(C(F)(F)F)c1)c1ccccc1.IC(I)I.O=C(O)/C=C\C(=O)O. The van der Waals surface area contributed by atoms with Gasteiger partial charge >= 0.3 is 36.6 Å². The van der Waals surface area contributed by atoms with Crippen molar-refractivity contribution in [2.45, 2.75) is 82.5 Å². The lowest BCUT2D eigenvalue weighted by Gasteiger charge is -2.33. The van der Waals surface area contributed by atoms with E-state index in [1.54, 1.807) is 74.5 Å². The summed E-state index contributed by atoms with van der Waals surface area (Å²) in [6, 6.07) is 32.2. The fourth-order valence-corrected chi connectivity index (χ4v) is 6.55. The van der Waals surface area contributed by atoms with Crippen LogP contribution in [0.4, 0.5) is 44.3 Å². The Hall–Kier alpha value is -4.77. The van der Waals surface area contributed by atoms with Gasteiger partial charge in [-0.1, -0.05) is 183 Å². The van der Waals surface area contributed by atoms with Gasteiger partial charge in [-0.2, -0.15) is 39.5 Å². The lowest BCUT2D eigenvalue weighted by atomic mass is 9.89. The number of carboxylic acid groups (broad SMARTS) is 2. The van der Waals surface area contributed by atoms with Crippen LogP contribution in [-0.4, -0.2) is 41.4 Å². The first-order valence-electron chi connectivity index (χ1n) is 22.2. The Bertz CT molecular complexity index is 2560. The number of nitrogens with two attached hydrogens (primary N) is 1. The van der Waals surface area contributed by atoms with Crippen LogP contribution in [0.2, 0.25) is 0 Å². The number of aryl methyl sites for hydroxylation is 1. The zero-order valence-electron chi connectivity index (χ0n) is 40.6. The summed E-state index contributed by atoms with van der Waals surface area (Å²) in [4.78, 5) is 31.8. The molecule has 0 aromatic heterocycles. The van der Waals surface area contributed by atoms with E-state index >= 15 is 0 Å². The minimum absolute atomic E-state index is 0.0313. The highest BCUT2D eigenvalue weighted by molar-refractivity contribution is 14.3. The van der Waals surface area contributed by atoms with Crippen LogP contribution in [0.3, 0.4) is 0 Å². The van der Waals surface area contributed by atoms with Crippen LogP contribution < -0.4 is 11.1 Å². The number of nitrogens with one attached hydrogen (secondary N) is 1. The van der Waals surface area contributed by atoms with Gasteiger partial charge in [-0.15, -0.1) is 6.58 Å². The maximum absolute atomic E-state index is 13.3. The number of carbonyl (C=O) groups excluding carboxylic acids is 1. The third-order valence-corrected chi connectivity index (χ3v) is 10.7. The molecule has 0 saturated carbocycles. The van der Waals surface area contributed by atoms with E-state index in [1.165, 1.54) is 13.0 Å². The number of aliphatic carboxylic acids is 2. The Labute approximate surface area is 469 Å². The maximum atomic E-state index is 13.3. The number of hydrogen-bond acceptors (Lipinski definition) is 7. The summed E-state index contributed by atoms with van der Waals surface area (Å²) in [6.45, 7) is 10.3. The molecule has 5 rings (SSSR count). The van der Waals surface area contributed by atoms with Crippen molar-refractivity contribution in [3.05, 3.63) is 202 Å². The second-order valence-corrected chi connectivity index (χ2v) is 27.1. The molecule has 0 aliphatic rings. The molecule has 0 heterocycles. The van der Waals surface area contributed by atoms with Crippen molar-refractivity contribution in [1.82, 2.24) is 5.32 Å². The monoisotopic (exact) mass is 1400 g/mol. The summed E-state index contributed by atoms with van der Waals surface area (Å²) in [5, 5.41) is 18.3. The van der Waals surface area contributed by atoms with Crippen LogP contribution in [0.15, 0.2) is 152 Å². The minimum atomic E-state index is -4.99. The summed E-state index contributed by atoms with van der Waals surface area (Å²) in [7, 11) is 0. The molecule has 0 spiro atoms. The van der Waals surface area contributed by atoms with E-state index in [0.717, 1.165) is 23.2 Å². The van der Waals surface area contributed by atoms with Gasteiger partial charge < -0.3 is 35.5 Å². The van der Waals surface area contributed by atoms with E-state index in [-0.39, 0.29) is 31.5 Å². The second-order valence-electron chi connectivity index (χ2n) is 16.2. The fourth-order valence-electron chi connectivity index (χ4n) is 6.55. The van der Waals surface area contributed by atoms with E-state index in [4.69, 9.17) is 30.2 Å². The number of amides is 1. The third-order valence-electron chi connectivity index (χ3n) is 10.7. The Morgan fingerprint density at radius 3 is 1.41 bits per heavy atom. The van der Waals surface area contributed by atoms with Crippen LogP contribution in [0, 0.1) is 6.92 Å². The molecule has 0 aliphatic carbocycles. The molecular formula is C53H54F9I3N2O8. The predicted molar refractivity (Wildman–Crippen MR) is 292 cm³/mol. The third kappa shape index (κ3) is 24.0. The Morgan fingerprint density at radius 1 is 0.627 bits per heavy atom. The first-order valence-corrected chi connectivity index (χ1v) is 25.9. The van der Waals surface area contributed by atoms with E-state index in [2.05, 4.69) is 79.7 Å². The first kappa shape index (κ1) is 66.3. The van der Waals surface area contributed by atoms with Crippen LogP contribution in [-0.2, 0) is 60.0 Å². The molecule has 5 N–H and O–H groups in total. The van der Waals surface area contributed by atoms with E-state index in [1.807, 2.05) is 43.3 Å². The van der Waals surface area contributed by atoms with E-state index in [9.17, 15) is 53.9 Å². The molecule has 0 fully saturated rings. The molecule has 5 aromatic rings. The van der Waals surface area contributed by atoms with Gasteiger partial charge in [0.2, 0.25) is 0 Å².